The molecule has 7 nitrogen and oxygen atoms in total. The molecule has 2 aromatic rings. The van der Waals surface area contributed by atoms with Gasteiger partial charge >= 0.3 is 5.97 Å². The van der Waals surface area contributed by atoms with Crippen molar-refractivity contribution in [2.24, 2.45) is 0 Å². The van der Waals surface area contributed by atoms with Crippen LogP contribution in [0.5, 0.6) is 5.75 Å². The SMILES string of the molecule is Cc1ccccc1CC(=O)OCc1cc([N+](=O)[O-])cc2c1OCOC2. The predicted molar refractivity (Wildman–Crippen MR) is 88.1 cm³/mol. The topological polar surface area (TPSA) is 87.9 Å². The number of rotatable bonds is 5. The highest BCUT2D eigenvalue weighted by molar-refractivity contribution is 5.73. The highest BCUT2D eigenvalue weighted by atomic mass is 16.7. The van der Waals surface area contributed by atoms with Crippen molar-refractivity contribution in [1.82, 2.24) is 0 Å². The first-order chi connectivity index (χ1) is 12.0. The number of hydrogen-bond donors (Lipinski definition) is 0. The van der Waals surface area contributed by atoms with Crippen molar-refractivity contribution >= 4 is 11.7 Å². The molecule has 0 aromatic heterocycles. The van der Waals surface area contributed by atoms with Crippen LogP contribution in [-0.4, -0.2) is 17.7 Å². The van der Waals surface area contributed by atoms with Gasteiger partial charge in [0.1, 0.15) is 12.4 Å². The summed E-state index contributed by atoms with van der Waals surface area (Å²) in [4.78, 5) is 22.7. The number of benzene rings is 2. The number of non-ortho nitro benzene ring substituents is 1. The number of esters is 1. The normalized spacial score (nSPS) is 12.8. The van der Waals surface area contributed by atoms with E-state index in [1.54, 1.807) is 0 Å². The Kier molecular flexibility index (Phi) is 4.95. The highest BCUT2D eigenvalue weighted by Gasteiger charge is 2.21. The molecular formula is C18H17NO6. The molecule has 0 amide bonds. The standard InChI is InChI=1S/C18H17NO6/c1-12-4-2-3-5-13(12)8-17(20)24-10-15-7-16(19(21)22)6-14-9-23-11-25-18(14)15/h2-7H,8-11H2,1H3. The Bertz CT molecular complexity index is 817. The van der Waals surface area contributed by atoms with Crippen molar-refractivity contribution in [3.05, 3.63) is 68.8 Å². The molecule has 0 aliphatic carbocycles. The maximum atomic E-state index is 12.1. The van der Waals surface area contributed by atoms with Crippen LogP contribution in [0.1, 0.15) is 22.3 Å². The fourth-order valence-corrected chi connectivity index (χ4v) is 2.67. The number of fused-ring (bicyclic) bond motifs is 1. The van der Waals surface area contributed by atoms with Gasteiger partial charge in [0.25, 0.3) is 5.69 Å². The Morgan fingerprint density at radius 1 is 1.28 bits per heavy atom. The molecule has 25 heavy (non-hydrogen) atoms. The van der Waals surface area contributed by atoms with Crippen molar-refractivity contribution in [1.29, 1.82) is 0 Å². The van der Waals surface area contributed by atoms with Gasteiger partial charge in [0.15, 0.2) is 6.79 Å². The summed E-state index contributed by atoms with van der Waals surface area (Å²) in [5, 5.41) is 11.1. The van der Waals surface area contributed by atoms with Gasteiger partial charge in [-0.3, -0.25) is 14.9 Å². The maximum Gasteiger partial charge on any atom is 0.310 e. The molecule has 0 saturated carbocycles. The molecule has 0 spiro atoms. The minimum Gasteiger partial charge on any atom is -0.467 e. The van der Waals surface area contributed by atoms with Crippen LogP contribution in [0.3, 0.4) is 0 Å². The van der Waals surface area contributed by atoms with Crippen molar-refractivity contribution in [2.45, 2.75) is 26.6 Å². The third-order valence-corrected chi connectivity index (χ3v) is 3.97. The van der Waals surface area contributed by atoms with Gasteiger partial charge in [-0.1, -0.05) is 24.3 Å². The van der Waals surface area contributed by atoms with Gasteiger partial charge in [-0.25, -0.2) is 0 Å². The Hall–Kier alpha value is -2.93. The number of hydrogen-bond acceptors (Lipinski definition) is 6. The number of nitro benzene ring substituents is 1. The number of nitrogens with zero attached hydrogens (tertiary/aromatic N) is 1. The van der Waals surface area contributed by atoms with E-state index >= 15 is 0 Å². The van der Waals surface area contributed by atoms with Crippen LogP contribution in [0, 0.1) is 17.0 Å². The van der Waals surface area contributed by atoms with Crippen LogP contribution in [0.25, 0.3) is 0 Å². The van der Waals surface area contributed by atoms with E-state index in [9.17, 15) is 14.9 Å². The van der Waals surface area contributed by atoms with Gasteiger partial charge in [-0.2, -0.15) is 0 Å². The number of aryl methyl sites for hydroxylation is 1. The first-order valence-corrected chi connectivity index (χ1v) is 7.75. The van der Waals surface area contributed by atoms with E-state index in [2.05, 4.69) is 0 Å². The third kappa shape index (κ3) is 3.95. The second-order valence-corrected chi connectivity index (χ2v) is 5.72. The largest absolute Gasteiger partial charge is 0.467 e. The minimum atomic E-state index is -0.493. The van der Waals surface area contributed by atoms with Crippen molar-refractivity contribution in [3.8, 4) is 5.75 Å². The Labute approximate surface area is 144 Å². The number of nitro groups is 1. The quantitative estimate of drug-likeness (QED) is 0.471. The van der Waals surface area contributed by atoms with E-state index in [0.717, 1.165) is 11.1 Å². The summed E-state index contributed by atoms with van der Waals surface area (Å²) < 4.78 is 15.9. The summed E-state index contributed by atoms with van der Waals surface area (Å²) in [7, 11) is 0. The lowest BCUT2D eigenvalue weighted by Gasteiger charge is -2.20. The van der Waals surface area contributed by atoms with Crippen LogP contribution in [-0.2, 0) is 33.9 Å². The zero-order valence-corrected chi connectivity index (χ0v) is 13.7. The smallest absolute Gasteiger partial charge is 0.310 e. The molecular weight excluding hydrogens is 326 g/mol. The molecule has 3 rings (SSSR count). The summed E-state index contributed by atoms with van der Waals surface area (Å²) in [6.07, 6.45) is 0.147. The van der Waals surface area contributed by atoms with Crippen LogP contribution in [0.4, 0.5) is 5.69 Å². The zero-order valence-electron chi connectivity index (χ0n) is 13.7. The Morgan fingerprint density at radius 3 is 2.84 bits per heavy atom. The second-order valence-electron chi connectivity index (χ2n) is 5.72. The molecule has 0 bridgehead atoms. The highest BCUT2D eigenvalue weighted by Crippen LogP contribution is 2.33. The second kappa shape index (κ2) is 7.31. The molecule has 0 saturated heterocycles. The van der Waals surface area contributed by atoms with Gasteiger partial charge < -0.3 is 14.2 Å². The molecule has 0 N–H and O–H groups in total. The van der Waals surface area contributed by atoms with Crippen LogP contribution in [0.15, 0.2) is 36.4 Å². The molecule has 0 unspecified atom stereocenters. The fourth-order valence-electron chi connectivity index (χ4n) is 2.67. The number of ether oxygens (including phenoxy) is 3. The van der Waals surface area contributed by atoms with Crippen molar-refractivity contribution in [2.75, 3.05) is 6.79 Å². The molecule has 1 aliphatic heterocycles. The molecule has 0 radical (unpaired) electrons. The Morgan fingerprint density at radius 2 is 2.08 bits per heavy atom. The van der Waals surface area contributed by atoms with E-state index in [-0.39, 0.29) is 32.1 Å². The minimum absolute atomic E-state index is 0.0645. The lowest BCUT2D eigenvalue weighted by Crippen LogP contribution is -2.15. The fraction of sp³-hybridized carbons (Fsp3) is 0.278. The first-order valence-electron chi connectivity index (χ1n) is 7.75. The third-order valence-electron chi connectivity index (χ3n) is 3.97. The molecule has 130 valence electrons. The summed E-state index contributed by atoms with van der Waals surface area (Å²) in [5.41, 5.74) is 2.85. The first kappa shape index (κ1) is 16.9. The van der Waals surface area contributed by atoms with Gasteiger partial charge in [0, 0.05) is 23.3 Å². The van der Waals surface area contributed by atoms with Gasteiger partial charge in [0.2, 0.25) is 0 Å². The molecule has 0 fully saturated rings. The van der Waals surface area contributed by atoms with E-state index in [1.165, 1.54) is 12.1 Å². The molecule has 0 atom stereocenters. The van der Waals surface area contributed by atoms with Gasteiger partial charge in [-0.15, -0.1) is 0 Å². The van der Waals surface area contributed by atoms with E-state index in [4.69, 9.17) is 14.2 Å². The summed E-state index contributed by atoms with van der Waals surface area (Å²) in [6.45, 7) is 2.12. The number of carbonyl (C=O) groups is 1. The van der Waals surface area contributed by atoms with E-state index in [1.807, 2.05) is 31.2 Å². The molecule has 1 aliphatic rings. The lowest BCUT2D eigenvalue weighted by molar-refractivity contribution is -0.385. The average molecular weight is 343 g/mol. The lowest BCUT2D eigenvalue weighted by atomic mass is 10.1. The summed E-state index contributed by atoms with van der Waals surface area (Å²) in [5.74, 6) is 0.0853. The molecule has 1 heterocycles. The van der Waals surface area contributed by atoms with Crippen LogP contribution in [0.2, 0.25) is 0 Å². The van der Waals surface area contributed by atoms with Gasteiger partial charge in [0.05, 0.1) is 18.0 Å². The average Bonchev–Trinajstić information content (AvgIpc) is 2.61. The maximum absolute atomic E-state index is 12.1. The van der Waals surface area contributed by atoms with Crippen molar-refractivity contribution < 1.29 is 23.9 Å². The zero-order chi connectivity index (χ0) is 17.8. The summed E-state index contributed by atoms with van der Waals surface area (Å²) in [6, 6.07) is 10.3. The number of carbonyl (C=O) groups excluding carboxylic acids is 1. The molecule has 7 heteroatoms. The van der Waals surface area contributed by atoms with Crippen molar-refractivity contribution in [3.63, 3.8) is 0 Å². The van der Waals surface area contributed by atoms with Crippen LogP contribution < -0.4 is 4.74 Å². The van der Waals surface area contributed by atoms with Crippen LogP contribution >= 0.6 is 0 Å². The summed E-state index contributed by atoms with van der Waals surface area (Å²) >= 11 is 0. The molecule has 2 aromatic carbocycles. The Balaban J connectivity index is 1.74. The van der Waals surface area contributed by atoms with E-state index < -0.39 is 10.9 Å². The predicted octanol–water partition coefficient (Wildman–Crippen LogP) is 3.06. The van der Waals surface area contributed by atoms with Gasteiger partial charge in [-0.05, 0) is 18.1 Å². The monoisotopic (exact) mass is 343 g/mol. The van der Waals surface area contributed by atoms with E-state index in [0.29, 0.717) is 16.9 Å².